The van der Waals surface area contributed by atoms with Crippen molar-refractivity contribution in [2.24, 2.45) is 0 Å². The van der Waals surface area contributed by atoms with Crippen LogP contribution in [-0.4, -0.2) is 43.1 Å². The number of hydrogen-bond acceptors (Lipinski definition) is 3. The van der Waals surface area contributed by atoms with E-state index in [9.17, 15) is 4.79 Å². The van der Waals surface area contributed by atoms with Crippen LogP contribution in [0.3, 0.4) is 0 Å². The third-order valence-corrected chi connectivity index (χ3v) is 5.72. The lowest BCUT2D eigenvalue weighted by molar-refractivity contribution is -0.127. The number of likely N-dealkylation sites (tertiary alicyclic amines) is 1. The van der Waals surface area contributed by atoms with E-state index in [1.807, 2.05) is 60.7 Å². The first-order valence-electron chi connectivity index (χ1n) is 11.0. The molecule has 0 bridgehead atoms. The molecule has 0 aliphatic carbocycles. The number of hydrogen-bond donors (Lipinski definition) is 1. The number of unbranched alkanes of at least 4 members (excludes halogenated alkanes) is 1. The Hall–Kier alpha value is -2.17. The van der Waals surface area contributed by atoms with E-state index >= 15 is 0 Å². The van der Waals surface area contributed by atoms with Crippen LogP contribution in [0.4, 0.5) is 0 Å². The van der Waals surface area contributed by atoms with Gasteiger partial charge in [-0.1, -0.05) is 67.1 Å². The maximum atomic E-state index is 12.3. The summed E-state index contributed by atoms with van der Waals surface area (Å²) in [6, 6.07) is 20.8. The average molecular weight is 395 g/mol. The van der Waals surface area contributed by atoms with Crippen molar-refractivity contribution in [1.29, 1.82) is 0 Å². The third kappa shape index (κ3) is 6.98. The summed E-state index contributed by atoms with van der Waals surface area (Å²) in [5.74, 6) is -0.0480. The molecule has 1 saturated heterocycles. The van der Waals surface area contributed by atoms with Crippen molar-refractivity contribution in [2.45, 2.75) is 51.2 Å². The summed E-state index contributed by atoms with van der Waals surface area (Å²) in [5.41, 5.74) is 2.12. The minimum absolute atomic E-state index is 0.0480. The van der Waals surface area contributed by atoms with Crippen molar-refractivity contribution >= 4 is 5.91 Å². The van der Waals surface area contributed by atoms with Gasteiger partial charge in [0.25, 0.3) is 0 Å². The Labute approximate surface area is 175 Å². The largest absolute Gasteiger partial charge is 0.359 e. The van der Waals surface area contributed by atoms with Crippen molar-refractivity contribution in [1.82, 2.24) is 10.2 Å². The van der Waals surface area contributed by atoms with Crippen molar-refractivity contribution in [3.8, 4) is 0 Å². The highest BCUT2D eigenvalue weighted by atomic mass is 16.5. The molecule has 1 N–H and O–H groups in total. The normalized spacial score (nSPS) is 17.4. The van der Waals surface area contributed by atoms with Crippen molar-refractivity contribution in [3.05, 3.63) is 71.8 Å². The van der Waals surface area contributed by atoms with Gasteiger partial charge in [0.2, 0.25) is 5.91 Å². The van der Waals surface area contributed by atoms with E-state index in [0.29, 0.717) is 12.6 Å². The van der Waals surface area contributed by atoms with Crippen LogP contribution in [0, 0.1) is 0 Å². The van der Waals surface area contributed by atoms with Gasteiger partial charge in [0, 0.05) is 12.6 Å². The molecule has 1 fully saturated rings. The second-order valence-corrected chi connectivity index (χ2v) is 7.95. The van der Waals surface area contributed by atoms with E-state index in [1.165, 1.54) is 25.8 Å². The second-order valence-electron chi connectivity index (χ2n) is 7.95. The Morgan fingerprint density at radius 2 is 1.69 bits per heavy atom. The smallest absolute Gasteiger partial charge is 0.246 e. The number of nitrogens with one attached hydrogen (secondary N) is 1. The third-order valence-electron chi connectivity index (χ3n) is 5.72. The summed E-state index contributed by atoms with van der Waals surface area (Å²) in [5, 5.41) is 3.01. The highest BCUT2D eigenvalue weighted by Gasteiger charge is 2.18. The first-order chi connectivity index (χ1) is 14.2. The molecule has 156 valence electrons. The molecule has 1 heterocycles. The van der Waals surface area contributed by atoms with Gasteiger partial charge in [0.1, 0.15) is 12.7 Å². The summed E-state index contributed by atoms with van der Waals surface area (Å²) >= 11 is 0. The molecule has 1 unspecified atom stereocenters. The van der Waals surface area contributed by atoms with Crippen LogP contribution >= 0.6 is 0 Å². The highest BCUT2D eigenvalue weighted by Crippen LogP contribution is 2.25. The Kier molecular flexibility index (Phi) is 8.72. The second kappa shape index (κ2) is 11.7. The van der Waals surface area contributed by atoms with Crippen molar-refractivity contribution in [2.75, 3.05) is 26.2 Å². The highest BCUT2D eigenvalue weighted by molar-refractivity contribution is 5.77. The first-order valence-corrected chi connectivity index (χ1v) is 11.0. The van der Waals surface area contributed by atoms with Gasteiger partial charge in [-0.15, -0.1) is 0 Å². The maximum Gasteiger partial charge on any atom is 0.246 e. The monoisotopic (exact) mass is 394 g/mol. The van der Waals surface area contributed by atoms with Gasteiger partial charge in [-0.05, 0) is 56.8 Å². The lowest BCUT2D eigenvalue weighted by Gasteiger charge is -2.33. The van der Waals surface area contributed by atoms with E-state index in [0.717, 1.165) is 30.5 Å². The predicted molar refractivity (Wildman–Crippen MR) is 118 cm³/mol. The Morgan fingerprint density at radius 3 is 2.31 bits per heavy atom. The Morgan fingerprint density at radius 1 is 1.03 bits per heavy atom. The fraction of sp³-hybridized carbons (Fsp3) is 0.480. The summed E-state index contributed by atoms with van der Waals surface area (Å²) in [7, 11) is 0. The van der Waals surface area contributed by atoms with Crippen LogP contribution in [0.1, 0.15) is 56.3 Å². The Bertz CT molecular complexity index is 681. The number of benzene rings is 2. The maximum absolute atomic E-state index is 12.3. The molecule has 1 atom stereocenters. The van der Waals surface area contributed by atoms with E-state index in [1.54, 1.807) is 0 Å². The summed E-state index contributed by atoms with van der Waals surface area (Å²) in [6.45, 7) is 5.47. The number of amides is 1. The average Bonchev–Trinajstić information content (AvgIpc) is 2.76. The molecule has 0 saturated carbocycles. The molecule has 1 aliphatic rings. The van der Waals surface area contributed by atoms with E-state index in [-0.39, 0.29) is 18.6 Å². The quantitative estimate of drug-likeness (QED) is 0.601. The molecule has 2 aromatic rings. The van der Waals surface area contributed by atoms with E-state index in [2.05, 4.69) is 17.1 Å². The molecule has 2 aromatic carbocycles. The van der Waals surface area contributed by atoms with Gasteiger partial charge in [0.05, 0.1) is 0 Å². The van der Waals surface area contributed by atoms with E-state index < -0.39 is 0 Å². The molecule has 0 radical (unpaired) electrons. The SMILES string of the molecule is CC1CCCCN1CCCCNC(=O)COC(c1ccccc1)c1ccccc1. The topological polar surface area (TPSA) is 41.6 Å². The fourth-order valence-electron chi connectivity index (χ4n) is 4.01. The van der Waals surface area contributed by atoms with Crippen LogP contribution in [0.25, 0.3) is 0 Å². The zero-order chi connectivity index (χ0) is 20.3. The van der Waals surface area contributed by atoms with Crippen LogP contribution < -0.4 is 5.32 Å². The van der Waals surface area contributed by atoms with Gasteiger partial charge in [0.15, 0.2) is 0 Å². The molecule has 29 heavy (non-hydrogen) atoms. The molecule has 4 heteroatoms. The minimum atomic E-state index is -0.233. The molecule has 4 nitrogen and oxygen atoms in total. The van der Waals surface area contributed by atoms with Crippen LogP contribution in [0.2, 0.25) is 0 Å². The van der Waals surface area contributed by atoms with Gasteiger partial charge in [-0.25, -0.2) is 0 Å². The van der Waals surface area contributed by atoms with Crippen LogP contribution in [0.5, 0.6) is 0 Å². The van der Waals surface area contributed by atoms with Gasteiger partial charge in [-0.2, -0.15) is 0 Å². The number of carbonyl (C=O) groups excluding carboxylic acids is 1. The molecule has 3 rings (SSSR count). The zero-order valence-corrected chi connectivity index (χ0v) is 17.6. The number of nitrogens with zero attached hydrogens (tertiary/aromatic N) is 1. The van der Waals surface area contributed by atoms with Crippen molar-refractivity contribution < 1.29 is 9.53 Å². The van der Waals surface area contributed by atoms with Crippen LogP contribution in [0.15, 0.2) is 60.7 Å². The zero-order valence-electron chi connectivity index (χ0n) is 17.6. The van der Waals surface area contributed by atoms with Gasteiger partial charge in [-0.3, -0.25) is 4.79 Å². The standard InChI is InChI=1S/C25H34N2O2/c1-21-12-8-10-18-27(21)19-11-9-17-26-24(28)20-29-25(22-13-4-2-5-14-22)23-15-6-3-7-16-23/h2-7,13-16,21,25H,8-12,17-20H2,1H3,(H,26,28). The molecular formula is C25H34N2O2. The molecule has 0 spiro atoms. The number of ether oxygens (including phenoxy) is 1. The molecule has 1 amide bonds. The van der Waals surface area contributed by atoms with Gasteiger partial charge < -0.3 is 15.0 Å². The van der Waals surface area contributed by atoms with Gasteiger partial charge >= 0.3 is 0 Å². The lowest BCUT2D eigenvalue weighted by atomic mass is 10.0. The van der Waals surface area contributed by atoms with Crippen LogP contribution in [-0.2, 0) is 9.53 Å². The molecule has 1 aliphatic heterocycles. The number of rotatable bonds is 10. The summed E-state index contributed by atoms with van der Waals surface area (Å²) < 4.78 is 6.02. The first kappa shape index (κ1) is 21.5. The minimum Gasteiger partial charge on any atom is -0.359 e. The predicted octanol–water partition coefficient (Wildman–Crippen LogP) is 4.56. The Balaban J connectivity index is 1.40. The number of carbonyl (C=O) groups is 1. The van der Waals surface area contributed by atoms with Crippen molar-refractivity contribution in [3.63, 3.8) is 0 Å². The summed E-state index contributed by atoms with van der Waals surface area (Å²) in [4.78, 5) is 14.9. The summed E-state index contributed by atoms with van der Waals surface area (Å²) in [6.07, 6.45) is 5.91. The number of piperidine rings is 1. The van der Waals surface area contributed by atoms with E-state index in [4.69, 9.17) is 4.74 Å². The molecule has 0 aromatic heterocycles. The molecular weight excluding hydrogens is 360 g/mol. The lowest BCUT2D eigenvalue weighted by Crippen LogP contribution is -2.38. The fourth-order valence-corrected chi connectivity index (χ4v) is 4.01.